The molecule has 0 saturated carbocycles. The van der Waals surface area contributed by atoms with E-state index in [2.05, 4.69) is 15.8 Å². The van der Waals surface area contributed by atoms with Crippen LogP contribution in [0.15, 0.2) is 17.2 Å². The van der Waals surface area contributed by atoms with Crippen LogP contribution in [-0.4, -0.2) is 57.5 Å². The topological polar surface area (TPSA) is 68.5 Å². The molecule has 0 bridgehead atoms. The number of ether oxygens (including phenoxy) is 3. The molecule has 7 nitrogen and oxygen atoms in total. The molecule has 1 aromatic rings. The van der Waals surface area contributed by atoms with Gasteiger partial charge in [0.15, 0.2) is 16.6 Å². The molecule has 0 unspecified atom stereocenters. The van der Waals surface area contributed by atoms with E-state index in [4.69, 9.17) is 38.0 Å². The van der Waals surface area contributed by atoms with Gasteiger partial charge in [0.05, 0.1) is 37.5 Å². The average molecular weight is 372 g/mol. The summed E-state index contributed by atoms with van der Waals surface area (Å²) in [5, 5.41) is 8.25. The van der Waals surface area contributed by atoms with Gasteiger partial charge in [-0.05, 0) is 29.9 Å². The molecule has 130 valence electrons. The zero-order valence-corrected chi connectivity index (χ0v) is 14.7. The first kappa shape index (κ1) is 17.2. The Morgan fingerprint density at radius 1 is 1.33 bits per heavy atom. The molecule has 0 spiro atoms. The Morgan fingerprint density at radius 2 is 2.17 bits per heavy atom. The number of rotatable bonds is 5. The standard InChI is InChI=1S/C15H19ClN4O3S/c16-12-7-11(8-13-14(12)23-10-22-13)9-18-19-15(24)17-1-2-20-3-5-21-6-4-20/h7-9H,1-6,10H2,(H2,17,19,24)/p+1/b18-9-. The predicted molar refractivity (Wildman–Crippen MR) is 95.3 cm³/mol. The van der Waals surface area contributed by atoms with Crippen molar-refractivity contribution in [2.75, 3.05) is 46.2 Å². The monoisotopic (exact) mass is 371 g/mol. The smallest absolute Gasteiger partial charge is 0.231 e. The molecule has 2 aliphatic rings. The number of fused-ring (bicyclic) bond motifs is 1. The summed E-state index contributed by atoms with van der Waals surface area (Å²) >= 11 is 11.3. The van der Waals surface area contributed by atoms with Gasteiger partial charge in [-0.25, -0.2) is 0 Å². The third-order valence-corrected chi connectivity index (χ3v) is 4.31. The fourth-order valence-corrected chi connectivity index (χ4v) is 2.96. The summed E-state index contributed by atoms with van der Waals surface area (Å²) in [7, 11) is 0. The number of hydrogen-bond donors (Lipinski definition) is 3. The molecule has 3 rings (SSSR count). The van der Waals surface area contributed by atoms with E-state index in [1.54, 1.807) is 12.3 Å². The summed E-state index contributed by atoms with van der Waals surface area (Å²) in [5.41, 5.74) is 3.60. The fraction of sp³-hybridized carbons (Fsp3) is 0.467. The lowest BCUT2D eigenvalue weighted by Crippen LogP contribution is -3.14. The van der Waals surface area contributed by atoms with Crippen LogP contribution in [0.4, 0.5) is 0 Å². The number of nitrogens with one attached hydrogen (secondary N) is 3. The van der Waals surface area contributed by atoms with Gasteiger partial charge in [0, 0.05) is 0 Å². The average Bonchev–Trinajstić information content (AvgIpc) is 3.05. The highest BCUT2D eigenvalue weighted by Gasteiger charge is 2.17. The molecule has 0 aliphatic carbocycles. The summed E-state index contributed by atoms with van der Waals surface area (Å²) in [6, 6.07) is 3.58. The van der Waals surface area contributed by atoms with Gasteiger partial charge < -0.3 is 24.4 Å². The van der Waals surface area contributed by atoms with Gasteiger partial charge in [-0.2, -0.15) is 5.10 Å². The predicted octanol–water partition coefficient (Wildman–Crippen LogP) is -0.218. The van der Waals surface area contributed by atoms with Crippen LogP contribution in [0, 0.1) is 0 Å². The Labute approximate surface area is 150 Å². The maximum atomic E-state index is 6.12. The quantitative estimate of drug-likeness (QED) is 0.378. The molecule has 9 heteroatoms. The van der Waals surface area contributed by atoms with Crippen molar-refractivity contribution in [3.63, 3.8) is 0 Å². The van der Waals surface area contributed by atoms with Crippen LogP contribution in [0.2, 0.25) is 5.02 Å². The molecule has 2 heterocycles. The second kappa shape index (κ2) is 8.48. The lowest BCUT2D eigenvalue weighted by Gasteiger charge is -2.23. The van der Waals surface area contributed by atoms with Gasteiger partial charge in [-0.1, -0.05) is 11.6 Å². The second-order valence-corrected chi connectivity index (χ2v) is 6.29. The molecule has 0 atom stereocenters. The molecule has 1 aromatic carbocycles. The SMILES string of the molecule is S=C(NCC[NH+]1CCOCC1)N/N=C\c1cc(Cl)c2c(c1)OCO2. The number of benzene rings is 1. The lowest BCUT2D eigenvalue weighted by atomic mass is 10.2. The number of hydrogen-bond acceptors (Lipinski definition) is 5. The summed E-state index contributed by atoms with van der Waals surface area (Å²) in [5.74, 6) is 1.20. The summed E-state index contributed by atoms with van der Waals surface area (Å²) in [6.07, 6.45) is 1.63. The van der Waals surface area contributed by atoms with Crippen LogP contribution in [0.3, 0.4) is 0 Å². The Bertz CT molecular complexity index is 623. The molecular formula is C15H20ClN4O3S+. The number of thiocarbonyl (C=S) groups is 1. The second-order valence-electron chi connectivity index (χ2n) is 5.47. The van der Waals surface area contributed by atoms with Gasteiger partial charge in [0.1, 0.15) is 13.1 Å². The Kier molecular flexibility index (Phi) is 6.08. The minimum absolute atomic E-state index is 0.188. The van der Waals surface area contributed by atoms with Crippen molar-refractivity contribution < 1.29 is 19.1 Å². The minimum atomic E-state index is 0.188. The van der Waals surface area contributed by atoms with Crippen molar-refractivity contribution in [2.45, 2.75) is 0 Å². The van der Waals surface area contributed by atoms with Gasteiger partial charge in [0.25, 0.3) is 0 Å². The van der Waals surface area contributed by atoms with Crippen molar-refractivity contribution in [3.05, 3.63) is 22.7 Å². The molecular weight excluding hydrogens is 352 g/mol. The van der Waals surface area contributed by atoms with E-state index < -0.39 is 0 Å². The van der Waals surface area contributed by atoms with Crippen LogP contribution in [0.5, 0.6) is 11.5 Å². The van der Waals surface area contributed by atoms with Gasteiger partial charge in [-0.3, -0.25) is 5.43 Å². The molecule has 2 aliphatic heterocycles. The van der Waals surface area contributed by atoms with E-state index in [-0.39, 0.29) is 6.79 Å². The highest BCUT2D eigenvalue weighted by atomic mass is 35.5. The van der Waals surface area contributed by atoms with E-state index >= 15 is 0 Å². The molecule has 1 fully saturated rings. The zero-order chi connectivity index (χ0) is 16.8. The summed E-state index contributed by atoms with van der Waals surface area (Å²) in [6.45, 7) is 5.75. The highest BCUT2D eigenvalue weighted by Crippen LogP contribution is 2.39. The first-order chi connectivity index (χ1) is 11.7. The van der Waals surface area contributed by atoms with Crippen LogP contribution >= 0.6 is 23.8 Å². The molecule has 0 radical (unpaired) electrons. The van der Waals surface area contributed by atoms with Crippen molar-refractivity contribution in [1.82, 2.24) is 10.7 Å². The largest absolute Gasteiger partial charge is 0.454 e. The van der Waals surface area contributed by atoms with Gasteiger partial charge in [0.2, 0.25) is 6.79 Å². The number of halogens is 1. The van der Waals surface area contributed by atoms with E-state index in [0.717, 1.165) is 45.0 Å². The van der Waals surface area contributed by atoms with Crippen molar-refractivity contribution in [2.24, 2.45) is 5.10 Å². The maximum Gasteiger partial charge on any atom is 0.231 e. The Morgan fingerprint density at radius 3 is 3.00 bits per heavy atom. The number of quaternary nitrogens is 1. The van der Waals surface area contributed by atoms with Gasteiger partial charge in [-0.15, -0.1) is 0 Å². The van der Waals surface area contributed by atoms with Gasteiger partial charge >= 0.3 is 0 Å². The molecule has 24 heavy (non-hydrogen) atoms. The van der Waals surface area contributed by atoms with E-state index in [9.17, 15) is 0 Å². The van der Waals surface area contributed by atoms with Crippen LogP contribution in [0.1, 0.15) is 5.56 Å². The number of morpholine rings is 1. The number of hydrazone groups is 1. The van der Waals surface area contributed by atoms with Crippen molar-refractivity contribution in [1.29, 1.82) is 0 Å². The van der Waals surface area contributed by atoms with E-state index in [1.165, 1.54) is 4.90 Å². The first-order valence-electron chi connectivity index (χ1n) is 7.80. The lowest BCUT2D eigenvalue weighted by molar-refractivity contribution is -0.906. The molecule has 0 aromatic heterocycles. The minimum Gasteiger partial charge on any atom is -0.454 e. The maximum absolute atomic E-state index is 6.12. The van der Waals surface area contributed by atoms with Crippen molar-refractivity contribution in [3.8, 4) is 11.5 Å². The fourth-order valence-electron chi connectivity index (χ4n) is 2.53. The third kappa shape index (κ3) is 4.70. The van der Waals surface area contributed by atoms with E-state index in [1.807, 2.05) is 6.07 Å². The zero-order valence-electron chi connectivity index (χ0n) is 13.1. The van der Waals surface area contributed by atoms with Crippen LogP contribution in [-0.2, 0) is 4.74 Å². The van der Waals surface area contributed by atoms with E-state index in [0.29, 0.717) is 21.6 Å². The Balaban J connectivity index is 1.41. The molecule has 1 saturated heterocycles. The van der Waals surface area contributed by atoms with Crippen molar-refractivity contribution >= 4 is 35.1 Å². The molecule has 3 N–H and O–H groups in total. The first-order valence-corrected chi connectivity index (χ1v) is 8.58. The van der Waals surface area contributed by atoms with Crippen LogP contribution in [0.25, 0.3) is 0 Å². The Hall–Kier alpha value is -1.61. The third-order valence-electron chi connectivity index (χ3n) is 3.79. The summed E-state index contributed by atoms with van der Waals surface area (Å²) < 4.78 is 15.9. The normalized spacial score (nSPS) is 17.2. The van der Waals surface area contributed by atoms with Crippen LogP contribution < -0.4 is 25.1 Å². The summed E-state index contributed by atoms with van der Waals surface area (Å²) in [4.78, 5) is 1.52. The molecule has 0 amide bonds. The number of nitrogens with zero attached hydrogens (tertiary/aromatic N) is 1. The highest BCUT2D eigenvalue weighted by molar-refractivity contribution is 7.80.